The van der Waals surface area contributed by atoms with Crippen molar-refractivity contribution in [2.75, 3.05) is 12.8 Å². The van der Waals surface area contributed by atoms with Gasteiger partial charge >= 0.3 is 13.6 Å². The fraction of sp³-hybridized carbons (Fsp3) is 0.529. The topological polar surface area (TPSA) is 137 Å². The lowest BCUT2D eigenvalue weighted by Crippen LogP contribution is -2.44. The number of nitrogens with two attached hydrogens (primary N) is 1. The van der Waals surface area contributed by atoms with Gasteiger partial charge in [-0.3, -0.25) is 13.9 Å². The molecule has 0 fully saturated rings. The normalized spacial score (nSPS) is 16.5. The Balaban J connectivity index is 3.01. The molecule has 11 heteroatoms. The molecule has 0 spiro atoms. The summed E-state index contributed by atoms with van der Waals surface area (Å²) >= 11 is 3.33. The summed E-state index contributed by atoms with van der Waals surface area (Å²) in [6.45, 7) is 4.73. The molecular formula is C17H26BrN2O7P. The zero-order valence-electron chi connectivity index (χ0n) is 16.0. The van der Waals surface area contributed by atoms with E-state index in [1.165, 1.54) is 13.8 Å². The minimum absolute atomic E-state index is 0.171. The Bertz CT molecular complexity index is 699. The van der Waals surface area contributed by atoms with Crippen molar-refractivity contribution in [2.24, 2.45) is 11.7 Å². The number of halogens is 1. The van der Waals surface area contributed by atoms with Gasteiger partial charge in [0.25, 0.3) is 0 Å². The quantitative estimate of drug-likeness (QED) is 0.144. The van der Waals surface area contributed by atoms with Crippen LogP contribution in [0.15, 0.2) is 28.7 Å². The summed E-state index contributed by atoms with van der Waals surface area (Å²) in [5, 5.41) is 11.6. The van der Waals surface area contributed by atoms with E-state index in [0.29, 0.717) is 0 Å². The molecule has 0 radical (unpaired) electrons. The number of ether oxygens (including phenoxy) is 1. The van der Waals surface area contributed by atoms with E-state index >= 15 is 0 Å². The maximum Gasteiger partial charge on any atom is 0.360 e. The van der Waals surface area contributed by atoms with E-state index in [1.807, 2.05) is 0 Å². The number of esters is 1. The molecule has 0 saturated heterocycles. The number of carbonyl (C=O) groups excluding carboxylic acids is 2. The van der Waals surface area contributed by atoms with Gasteiger partial charge in [-0.05, 0) is 44.9 Å². The third-order valence-electron chi connectivity index (χ3n) is 3.66. The van der Waals surface area contributed by atoms with E-state index in [1.54, 1.807) is 31.2 Å². The molecule has 1 rings (SSSR count). The molecule has 9 nitrogen and oxygen atoms in total. The van der Waals surface area contributed by atoms with Gasteiger partial charge in [-0.1, -0.05) is 28.1 Å². The van der Waals surface area contributed by atoms with Gasteiger partial charge in [-0.2, -0.15) is 4.67 Å². The highest BCUT2D eigenvalue weighted by molar-refractivity contribution is 9.10. The van der Waals surface area contributed by atoms with Gasteiger partial charge < -0.3 is 15.8 Å². The number of benzene rings is 1. The molecule has 158 valence electrons. The maximum atomic E-state index is 12.7. The van der Waals surface area contributed by atoms with Gasteiger partial charge in [-0.25, -0.2) is 10.1 Å². The van der Waals surface area contributed by atoms with E-state index < -0.39 is 43.8 Å². The van der Waals surface area contributed by atoms with Gasteiger partial charge in [0.2, 0.25) is 5.91 Å². The van der Waals surface area contributed by atoms with Crippen LogP contribution in [0.5, 0.6) is 0 Å². The average molecular weight is 481 g/mol. The molecule has 0 saturated carbocycles. The van der Waals surface area contributed by atoms with Crippen molar-refractivity contribution in [3.63, 3.8) is 0 Å². The molecule has 0 aliphatic rings. The van der Waals surface area contributed by atoms with Gasteiger partial charge in [0, 0.05) is 4.47 Å². The Hall–Kier alpha value is -1.29. The van der Waals surface area contributed by atoms with Crippen LogP contribution in [-0.4, -0.2) is 42.2 Å². The lowest BCUT2D eigenvalue weighted by molar-refractivity contribution is -0.152. The number of nitrogens with one attached hydrogen (secondary N) is 1. The molecule has 4 unspecified atom stereocenters. The van der Waals surface area contributed by atoms with E-state index in [2.05, 4.69) is 25.9 Å². The Labute approximate surface area is 172 Å². The Morgan fingerprint density at radius 3 is 2.39 bits per heavy atom. The second kappa shape index (κ2) is 11.6. The number of carbonyl (C=O) groups is 2. The van der Waals surface area contributed by atoms with Gasteiger partial charge in [0.05, 0.1) is 18.7 Å². The van der Waals surface area contributed by atoms with Crippen LogP contribution in [0.2, 0.25) is 0 Å². The average Bonchev–Trinajstić information content (AvgIpc) is 2.62. The summed E-state index contributed by atoms with van der Waals surface area (Å²) < 4.78 is 27.4. The zero-order chi connectivity index (χ0) is 21.3. The SMILES string of the molecule is CCOC(=O)C(C)NC(=O)C(Cc1ccc(Br)cc1)CP(=O)(OO)OC(C)N. The van der Waals surface area contributed by atoms with Crippen molar-refractivity contribution in [1.29, 1.82) is 0 Å². The molecule has 1 aromatic carbocycles. The van der Waals surface area contributed by atoms with E-state index in [0.717, 1.165) is 10.0 Å². The summed E-state index contributed by atoms with van der Waals surface area (Å²) in [7, 11) is -4.05. The van der Waals surface area contributed by atoms with E-state index in [4.69, 9.17) is 20.3 Å². The van der Waals surface area contributed by atoms with Crippen LogP contribution in [0.3, 0.4) is 0 Å². The summed E-state index contributed by atoms with van der Waals surface area (Å²) in [5.74, 6) is -2.07. The lowest BCUT2D eigenvalue weighted by Gasteiger charge is -2.23. The van der Waals surface area contributed by atoms with Crippen molar-refractivity contribution in [3.8, 4) is 0 Å². The first-order valence-corrected chi connectivity index (χ1v) is 11.2. The predicted octanol–water partition coefficient (Wildman–Crippen LogP) is 2.68. The molecule has 1 amide bonds. The lowest BCUT2D eigenvalue weighted by atomic mass is 10.00. The smallest absolute Gasteiger partial charge is 0.360 e. The summed E-state index contributed by atoms with van der Waals surface area (Å²) in [6, 6.07) is 6.27. The number of rotatable bonds is 11. The van der Waals surface area contributed by atoms with Crippen molar-refractivity contribution >= 4 is 35.4 Å². The van der Waals surface area contributed by atoms with Crippen LogP contribution in [0.4, 0.5) is 0 Å². The van der Waals surface area contributed by atoms with Crippen LogP contribution in [-0.2, 0) is 34.5 Å². The van der Waals surface area contributed by atoms with Crippen molar-refractivity contribution in [1.82, 2.24) is 5.32 Å². The first-order valence-electron chi connectivity index (χ1n) is 8.67. The van der Waals surface area contributed by atoms with Crippen LogP contribution < -0.4 is 11.1 Å². The van der Waals surface area contributed by atoms with Crippen molar-refractivity contribution in [2.45, 2.75) is 39.5 Å². The number of hydrogen-bond donors (Lipinski definition) is 3. The summed E-state index contributed by atoms with van der Waals surface area (Å²) in [4.78, 5) is 24.5. The zero-order valence-corrected chi connectivity index (χ0v) is 18.4. The second-order valence-corrected chi connectivity index (χ2v) is 9.07. The highest BCUT2D eigenvalue weighted by Crippen LogP contribution is 2.49. The molecule has 0 aliphatic heterocycles. The number of hydrogen-bond acceptors (Lipinski definition) is 8. The highest BCUT2D eigenvalue weighted by atomic mass is 79.9. The fourth-order valence-corrected chi connectivity index (χ4v) is 4.22. The van der Waals surface area contributed by atoms with Crippen molar-refractivity contribution < 1.29 is 33.3 Å². The van der Waals surface area contributed by atoms with Crippen LogP contribution in [0, 0.1) is 5.92 Å². The second-order valence-electron chi connectivity index (χ2n) is 6.20. The third kappa shape index (κ3) is 8.38. The standard InChI is InChI=1S/C17H26BrN2O7P/c1-4-25-17(22)11(2)20-16(21)14(9-13-5-7-15(18)8-6-13)10-28(24,27-23)26-12(3)19/h5-8,11-12,14,23H,4,9-10,19H2,1-3H3,(H,20,21). The van der Waals surface area contributed by atoms with Gasteiger partial charge in [0.1, 0.15) is 12.3 Å². The number of amides is 1. The first kappa shape index (κ1) is 24.7. The molecule has 0 bridgehead atoms. The van der Waals surface area contributed by atoms with Crippen LogP contribution >= 0.6 is 23.5 Å². The molecule has 4 atom stereocenters. The molecule has 0 heterocycles. The van der Waals surface area contributed by atoms with Gasteiger partial charge in [-0.15, -0.1) is 0 Å². The van der Waals surface area contributed by atoms with Crippen LogP contribution in [0.1, 0.15) is 26.3 Å². The van der Waals surface area contributed by atoms with Crippen molar-refractivity contribution in [3.05, 3.63) is 34.3 Å². The molecule has 28 heavy (non-hydrogen) atoms. The van der Waals surface area contributed by atoms with E-state index in [9.17, 15) is 14.2 Å². The summed E-state index contributed by atoms with van der Waals surface area (Å²) in [5.41, 5.74) is 6.25. The first-order chi connectivity index (χ1) is 13.1. The maximum absolute atomic E-state index is 12.7. The van der Waals surface area contributed by atoms with Crippen LogP contribution in [0.25, 0.3) is 0 Å². The summed E-state index contributed by atoms with van der Waals surface area (Å²) in [6.07, 6.45) is -1.24. The Morgan fingerprint density at radius 1 is 1.29 bits per heavy atom. The third-order valence-corrected chi connectivity index (χ3v) is 5.98. The molecule has 4 N–H and O–H groups in total. The molecule has 1 aromatic rings. The van der Waals surface area contributed by atoms with E-state index in [-0.39, 0.29) is 13.0 Å². The fourth-order valence-electron chi connectivity index (χ4n) is 2.42. The minimum atomic E-state index is -4.05. The molecule has 0 aliphatic carbocycles. The monoisotopic (exact) mass is 480 g/mol. The largest absolute Gasteiger partial charge is 0.464 e. The Morgan fingerprint density at radius 2 is 1.89 bits per heavy atom. The molecular weight excluding hydrogens is 455 g/mol. The van der Waals surface area contributed by atoms with Gasteiger partial charge in [0.15, 0.2) is 0 Å². The highest BCUT2D eigenvalue weighted by Gasteiger charge is 2.35. The minimum Gasteiger partial charge on any atom is -0.464 e. The Kier molecular flexibility index (Phi) is 10.3. The molecule has 0 aromatic heterocycles. The predicted molar refractivity (Wildman–Crippen MR) is 106 cm³/mol.